The lowest BCUT2D eigenvalue weighted by Crippen LogP contribution is -2.36. The minimum atomic E-state index is 0.229. The summed E-state index contributed by atoms with van der Waals surface area (Å²) in [7, 11) is 2.15. The quantitative estimate of drug-likeness (QED) is 0.900. The van der Waals surface area contributed by atoms with Crippen molar-refractivity contribution in [3.8, 4) is 0 Å². The van der Waals surface area contributed by atoms with Crippen LogP contribution in [0.25, 0.3) is 0 Å². The average molecular weight is 328 g/mol. The molecule has 1 aromatic rings. The Bertz CT molecular complexity index is 396. The van der Waals surface area contributed by atoms with Gasteiger partial charge in [0.2, 0.25) is 0 Å². The molecule has 1 unspecified atom stereocenters. The Morgan fingerprint density at radius 3 is 2.84 bits per heavy atom. The van der Waals surface area contributed by atoms with Gasteiger partial charge < -0.3 is 10.5 Å². The van der Waals surface area contributed by atoms with E-state index in [1.807, 2.05) is 6.20 Å². The summed E-state index contributed by atoms with van der Waals surface area (Å²) in [5.41, 5.74) is 7.12. The largest absolute Gasteiger partial charge is 0.381 e. The molecule has 1 aliphatic heterocycles. The number of hydrogen-bond donors (Lipinski definition) is 1. The Kier molecular flexibility index (Phi) is 5.76. The fourth-order valence-corrected chi connectivity index (χ4v) is 3.03. The van der Waals surface area contributed by atoms with E-state index in [0.717, 1.165) is 37.1 Å². The van der Waals surface area contributed by atoms with Crippen LogP contribution in [0, 0.1) is 5.92 Å². The predicted molar refractivity (Wildman–Crippen MR) is 79.9 cm³/mol. The second kappa shape index (κ2) is 7.33. The van der Waals surface area contributed by atoms with Gasteiger partial charge in [-0.15, -0.1) is 0 Å². The van der Waals surface area contributed by atoms with Gasteiger partial charge >= 0.3 is 0 Å². The highest BCUT2D eigenvalue weighted by molar-refractivity contribution is 9.10. The van der Waals surface area contributed by atoms with Gasteiger partial charge in [0.05, 0.1) is 0 Å². The van der Waals surface area contributed by atoms with Crippen LogP contribution in [0.15, 0.2) is 22.9 Å². The van der Waals surface area contributed by atoms with Crippen molar-refractivity contribution in [3.63, 3.8) is 0 Å². The molecule has 0 radical (unpaired) electrons. The van der Waals surface area contributed by atoms with Crippen molar-refractivity contribution in [1.82, 2.24) is 9.88 Å². The van der Waals surface area contributed by atoms with E-state index >= 15 is 0 Å². The van der Waals surface area contributed by atoms with E-state index in [-0.39, 0.29) is 6.04 Å². The summed E-state index contributed by atoms with van der Waals surface area (Å²) in [4.78, 5) is 6.58. The predicted octanol–water partition coefficient (Wildman–Crippen LogP) is 2.20. The molecule has 0 amide bonds. The van der Waals surface area contributed by atoms with Crippen LogP contribution in [0.1, 0.15) is 24.4 Å². The van der Waals surface area contributed by atoms with E-state index in [4.69, 9.17) is 10.5 Å². The highest BCUT2D eigenvalue weighted by Gasteiger charge is 2.21. The van der Waals surface area contributed by atoms with Crippen LogP contribution in [0.3, 0.4) is 0 Å². The molecule has 0 aromatic carbocycles. The molecular formula is C14H22BrN3O. The first-order valence-electron chi connectivity index (χ1n) is 6.79. The first-order chi connectivity index (χ1) is 9.20. The molecule has 1 saturated heterocycles. The van der Waals surface area contributed by atoms with E-state index in [9.17, 15) is 0 Å². The third-order valence-electron chi connectivity index (χ3n) is 3.75. The maximum atomic E-state index is 5.95. The van der Waals surface area contributed by atoms with Gasteiger partial charge in [-0.2, -0.15) is 0 Å². The number of aromatic nitrogens is 1. The third-order valence-corrected chi connectivity index (χ3v) is 4.19. The van der Waals surface area contributed by atoms with Crippen LogP contribution in [-0.2, 0) is 4.74 Å². The topological polar surface area (TPSA) is 51.4 Å². The zero-order valence-electron chi connectivity index (χ0n) is 11.4. The summed E-state index contributed by atoms with van der Waals surface area (Å²) in [6, 6.07) is 2.33. The molecule has 2 heterocycles. The van der Waals surface area contributed by atoms with Gasteiger partial charge in [0.25, 0.3) is 0 Å². The molecule has 1 fully saturated rings. The molecule has 4 nitrogen and oxygen atoms in total. The number of hydrogen-bond acceptors (Lipinski definition) is 4. The summed E-state index contributed by atoms with van der Waals surface area (Å²) >= 11 is 3.47. The molecule has 1 atom stereocenters. The van der Waals surface area contributed by atoms with Gasteiger partial charge in [-0.1, -0.05) is 0 Å². The van der Waals surface area contributed by atoms with Crippen molar-refractivity contribution in [1.29, 1.82) is 0 Å². The van der Waals surface area contributed by atoms with Crippen molar-refractivity contribution in [3.05, 3.63) is 28.5 Å². The van der Waals surface area contributed by atoms with Crippen LogP contribution >= 0.6 is 15.9 Å². The average Bonchev–Trinajstić information content (AvgIpc) is 2.41. The first-order valence-corrected chi connectivity index (χ1v) is 7.58. The van der Waals surface area contributed by atoms with Crippen LogP contribution in [0.5, 0.6) is 0 Å². The highest BCUT2D eigenvalue weighted by Crippen LogP contribution is 2.24. The molecule has 2 N–H and O–H groups in total. The molecule has 0 saturated carbocycles. The smallest absolute Gasteiger partial charge is 0.0483 e. The molecular weight excluding hydrogens is 306 g/mol. The minimum absolute atomic E-state index is 0.229. The van der Waals surface area contributed by atoms with Crippen molar-refractivity contribution >= 4 is 15.9 Å². The van der Waals surface area contributed by atoms with E-state index in [1.54, 1.807) is 6.20 Å². The van der Waals surface area contributed by atoms with Crippen molar-refractivity contribution in [2.45, 2.75) is 18.9 Å². The first kappa shape index (κ1) is 14.9. The van der Waals surface area contributed by atoms with Crippen molar-refractivity contribution in [2.75, 3.05) is 33.4 Å². The number of nitrogens with two attached hydrogens (primary N) is 1. The Hall–Kier alpha value is -0.490. The van der Waals surface area contributed by atoms with Crippen molar-refractivity contribution < 1.29 is 4.74 Å². The van der Waals surface area contributed by atoms with Crippen molar-refractivity contribution in [2.24, 2.45) is 11.7 Å². The second-order valence-electron chi connectivity index (χ2n) is 5.18. The van der Waals surface area contributed by atoms with Gasteiger partial charge in [0.1, 0.15) is 0 Å². The zero-order chi connectivity index (χ0) is 13.7. The Morgan fingerprint density at radius 2 is 2.21 bits per heavy atom. The lowest BCUT2D eigenvalue weighted by molar-refractivity contribution is 0.0507. The lowest BCUT2D eigenvalue weighted by atomic mass is 9.98. The summed E-state index contributed by atoms with van der Waals surface area (Å²) in [6.45, 7) is 3.46. The maximum Gasteiger partial charge on any atom is 0.0483 e. The number of ether oxygens (including phenoxy) is 1. The number of likely N-dealkylation sites (N-methyl/N-ethyl adjacent to an activating group) is 1. The Labute approximate surface area is 123 Å². The summed E-state index contributed by atoms with van der Waals surface area (Å²) in [6.07, 6.45) is 6.01. The number of pyridine rings is 1. The van der Waals surface area contributed by atoms with Crippen LogP contribution in [-0.4, -0.2) is 43.2 Å². The minimum Gasteiger partial charge on any atom is -0.381 e. The molecule has 1 aromatic heterocycles. The molecule has 5 heteroatoms. The maximum absolute atomic E-state index is 5.95. The normalized spacial score (nSPS) is 18.7. The van der Waals surface area contributed by atoms with Crippen LogP contribution < -0.4 is 5.73 Å². The summed E-state index contributed by atoms with van der Waals surface area (Å²) in [5.74, 6) is 0.716. The summed E-state index contributed by atoms with van der Waals surface area (Å²) in [5, 5.41) is 0. The molecule has 0 spiro atoms. The fourth-order valence-electron chi connectivity index (χ4n) is 2.64. The SMILES string of the molecule is CN(CC1CCOCC1)C(CN)c1cncc(Br)c1. The van der Waals surface area contributed by atoms with E-state index in [1.165, 1.54) is 5.56 Å². The fraction of sp³-hybridized carbons (Fsp3) is 0.643. The number of halogens is 1. The van der Waals surface area contributed by atoms with Gasteiger partial charge in [-0.3, -0.25) is 9.88 Å². The van der Waals surface area contributed by atoms with Gasteiger partial charge in [0.15, 0.2) is 0 Å². The Morgan fingerprint density at radius 1 is 1.47 bits per heavy atom. The highest BCUT2D eigenvalue weighted by atomic mass is 79.9. The van der Waals surface area contributed by atoms with E-state index in [2.05, 4.69) is 38.9 Å². The molecule has 1 aliphatic rings. The summed E-state index contributed by atoms with van der Waals surface area (Å²) < 4.78 is 6.41. The molecule has 2 rings (SSSR count). The monoisotopic (exact) mass is 327 g/mol. The standard InChI is InChI=1S/C14H22BrN3O/c1-18(10-11-2-4-19-5-3-11)14(7-16)12-6-13(15)9-17-8-12/h6,8-9,11,14H,2-5,7,10,16H2,1H3. The molecule has 19 heavy (non-hydrogen) atoms. The number of rotatable bonds is 5. The van der Waals surface area contributed by atoms with Crippen LogP contribution in [0.2, 0.25) is 0 Å². The molecule has 0 aliphatic carbocycles. The van der Waals surface area contributed by atoms with Gasteiger partial charge in [0, 0.05) is 49.2 Å². The van der Waals surface area contributed by atoms with Crippen LogP contribution in [0.4, 0.5) is 0 Å². The zero-order valence-corrected chi connectivity index (χ0v) is 13.0. The molecule has 0 bridgehead atoms. The van der Waals surface area contributed by atoms with E-state index < -0.39 is 0 Å². The van der Waals surface area contributed by atoms with Gasteiger partial charge in [-0.05, 0) is 53.4 Å². The Balaban J connectivity index is 1.99. The number of nitrogens with zero attached hydrogens (tertiary/aromatic N) is 2. The third kappa shape index (κ3) is 4.24. The van der Waals surface area contributed by atoms with Gasteiger partial charge in [-0.25, -0.2) is 0 Å². The lowest BCUT2D eigenvalue weighted by Gasteiger charge is -2.32. The molecule has 106 valence electrons. The second-order valence-corrected chi connectivity index (χ2v) is 6.10. The van der Waals surface area contributed by atoms with E-state index in [0.29, 0.717) is 12.5 Å².